The third-order valence-corrected chi connectivity index (χ3v) is 5.25. The molecule has 0 atom stereocenters. The minimum absolute atomic E-state index is 0.0145. The molecular formula is C25H19N5O3. The first-order chi connectivity index (χ1) is 15.9. The Hall–Kier alpha value is -4.77. The van der Waals surface area contributed by atoms with Gasteiger partial charge < -0.3 is 5.11 Å². The molecule has 3 aromatic carbocycles. The minimum Gasteiger partial charge on any atom is -0.507 e. The number of carbonyl (C=O) groups excluding carboxylic acids is 1. The minimum atomic E-state index is -0.694. The number of aromatic nitrogens is 2. The summed E-state index contributed by atoms with van der Waals surface area (Å²) < 4.78 is 1.03. The fourth-order valence-electron chi connectivity index (χ4n) is 3.44. The van der Waals surface area contributed by atoms with Crippen LogP contribution in [-0.2, 0) is 0 Å². The third-order valence-electron chi connectivity index (χ3n) is 5.25. The summed E-state index contributed by atoms with van der Waals surface area (Å²) in [5.74, 6) is -0.679. The van der Waals surface area contributed by atoms with Crippen molar-refractivity contribution in [3.8, 4) is 17.5 Å². The lowest BCUT2D eigenvalue weighted by molar-refractivity contribution is 0.0947. The van der Waals surface area contributed by atoms with Gasteiger partial charge in [-0.2, -0.15) is 20.1 Å². The summed E-state index contributed by atoms with van der Waals surface area (Å²) >= 11 is 0. The van der Waals surface area contributed by atoms with Crippen LogP contribution in [0.25, 0.3) is 16.5 Å². The van der Waals surface area contributed by atoms with Crippen LogP contribution in [0, 0.1) is 25.2 Å². The lowest BCUT2D eigenvalue weighted by Gasteiger charge is -2.11. The molecule has 0 saturated heterocycles. The SMILES string of the molecule is Cc1ccc(-n2nc(C(=O)N/N=C/c3c(O)ccc4ccccc34)c(C)c(C#N)c2=O)cc1. The molecule has 0 aliphatic rings. The molecule has 0 aliphatic heterocycles. The van der Waals surface area contributed by atoms with Gasteiger partial charge in [0.25, 0.3) is 11.5 Å². The maximum Gasteiger partial charge on any atom is 0.292 e. The van der Waals surface area contributed by atoms with E-state index in [1.807, 2.05) is 37.3 Å². The number of rotatable bonds is 4. The van der Waals surface area contributed by atoms with Gasteiger partial charge in [-0.1, -0.05) is 48.0 Å². The average Bonchev–Trinajstić information content (AvgIpc) is 2.81. The maximum atomic E-state index is 12.8. The number of hydrogen-bond donors (Lipinski definition) is 2. The van der Waals surface area contributed by atoms with Gasteiger partial charge in [0.2, 0.25) is 0 Å². The van der Waals surface area contributed by atoms with Gasteiger partial charge >= 0.3 is 0 Å². The van der Waals surface area contributed by atoms with Crippen LogP contribution < -0.4 is 11.0 Å². The summed E-state index contributed by atoms with van der Waals surface area (Å²) in [6.07, 6.45) is 1.34. The van der Waals surface area contributed by atoms with Crippen LogP contribution in [-0.4, -0.2) is 27.0 Å². The van der Waals surface area contributed by atoms with Crippen molar-refractivity contribution in [3.63, 3.8) is 0 Å². The first-order valence-corrected chi connectivity index (χ1v) is 10.1. The zero-order chi connectivity index (χ0) is 23.5. The van der Waals surface area contributed by atoms with Gasteiger partial charge in [-0.15, -0.1) is 0 Å². The number of phenols is 1. The number of hydrogen-bond acceptors (Lipinski definition) is 6. The van der Waals surface area contributed by atoms with E-state index in [9.17, 15) is 20.0 Å². The monoisotopic (exact) mass is 437 g/mol. The van der Waals surface area contributed by atoms with Gasteiger partial charge in [0.15, 0.2) is 5.69 Å². The summed E-state index contributed by atoms with van der Waals surface area (Å²) in [5.41, 5.74) is 3.50. The highest BCUT2D eigenvalue weighted by Crippen LogP contribution is 2.25. The van der Waals surface area contributed by atoms with E-state index in [0.29, 0.717) is 11.3 Å². The second kappa shape index (κ2) is 8.77. The molecule has 162 valence electrons. The summed E-state index contributed by atoms with van der Waals surface area (Å²) in [5, 5.41) is 29.6. The van der Waals surface area contributed by atoms with Crippen LogP contribution in [0.15, 0.2) is 70.6 Å². The van der Waals surface area contributed by atoms with E-state index in [1.54, 1.807) is 36.4 Å². The van der Waals surface area contributed by atoms with Gasteiger partial charge in [0, 0.05) is 11.1 Å². The molecule has 2 N–H and O–H groups in total. The summed E-state index contributed by atoms with van der Waals surface area (Å²) in [7, 11) is 0. The van der Waals surface area contributed by atoms with Crippen molar-refractivity contribution in [2.24, 2.45) is 5.10 Å². The van der Waals surface area contributed by atoms with E-state index in [1.165, 1.54) is 13.1 Å². The van der Waals surface area contributed by atoms with E-state index < -0.39 is 11.5 Å². The lowest BCUT2D eigenvalue weighted by Crippen LogP contribution is -2.31. The van der Waals surface area contributed by atoms with E-state index in [0.717, 1.165) is 21.0 Å². The first-order valence-electron chi connectivity index (χ1n) is 10.1. The Kier molecular flexibility index (Phi) is 5.70. The second-order valence-corrected chi connectivity index (χ2v) is 7.43. The normalized spacial score (nSPS) is 10.9. The van der Waals surface area contributed by atoms with Crippen molar-refractivity contribution in [1.82, 2.24) is 15.2 Å². The molecule has 33 heavy (non-hydrogen) atoms. The van der Waals surface area contributed by atoms with Crippen molar-refractivity contribution < 1.29 is 9.90 Å². The fourth-order valence-corrected chi connectivity index (χ4v) is 3.44. The number of benzene rings is 3. The number of nitrogens with one attached hydrogen (secondary N) is 1. The van der Waals surface area contributed by atoms with Crippen molar-refractivity contribution in [1.29, 1.82) is 5.26 Å². The molecule has 0 fully saturated rings. The molecule has 0 saturated carbocycles. The highest BCUT2D eigenvalue weighted by atomic mass is 16.3. The number of aromatic hydroxyl groups is 1. The largest absolute Gasteiger partial charge is 0.507 e. The number of amides is 1. The number of phenolic OH excluding ortho intramolecular Hbond substituents is 1. The van der Waals surface area contributed by atoms with Crippen molar-refractivity contribution in [2.45, 2.75) is 13.8 Å². The number of hydrazone groups is 1. The highest BCUT2D eigenvalue weighted by molar-refractivity contribution is 6.03. The molecule has 1 amide bonds. The number of carbonyl (C=O) groups is 1. The average molecular weight is 437 g/mol. The van der Waals surface area contributed by atoms with Crippen LogP contribution in [0.3, 0.4) is 0 Å². The Morgan fingerprint density at radius 3 is 2.58 bits per heavy atom. The van der Waals surface area contributed by atoms with Gasteiger partial charge in [-0.25, -0.2) is 5.43 Å². The molecular weight excluding hydrogens is 418 g/mol. The Morgan fingerprint density at radius 2 is 1.85 bits per heavy atom. The molecule has 0 unspecified atom stereocenters. The predicted octanol–water partition coefficient (Wildman–Crippen LogP) is 3.34. The Bertz CT molecular complexity index is 1510. The van der Waals surface area contributed by atoms with Gasteiger partial charge in [-0.3, -0.25) is 9.59 Å². The van der Waals surface area contributed by atoms with Crippen LogP contribution >= 0.6 is 0 Å². The molecule has 0 radical (unpaired) electrons. The van der Waals surface area contributed by atoms with E-state index >= 15 is 0 Å². The smallest absolute Gasteiger partial charge is 0.292 e. The van der Waals surface area contributed by atoms with Gasteiger partial charge in [-0.05, 0) is 42.8 Å². The quantitative estimate of drug-likeness (QED) is 0.375. The topological polar surface area (TPSA) is 120 Å². The Labute approximate surface area is 189 Å². The number of nitrogens with zero attached hydrogens (tertiary/aromatic N) is 4. The Morgan fingerprint density at radius 1 is 1.12 bits per heavy atom. The van der Waals surface area contributed by atoms with E-state index in [2.05, 4.69) is 15.6 Å². The molecule has 8 nitrogen and oxygen atoms in total. The number of fused-ring (bicyclic) bond motifs is 1. The summed E-state index contributed by atoms with van der Waals surface area (Å²) in [6, 6.07) is 19.6. The number of nitriles is 1. The Balaban J connectivity index is 1.70. The van der Waals surface area contributed by atoms with Crippen LogP contribution in [0.2, 0.25) is 0 Å². The zero-order valence-corrected chi connectivity index (χ0v) is 17.9. The first kappa shape index (κ1) is 21.5. The van der Waals surface area contributed by atoms with Crippen LogP contribution in [0.5, 0.6) is 5.75 Å². The molecule has 0 bridgehead atoms. The molecule has 8 heteroatoms. The molecule has 1 heterocycles. The summed E-state index contributed by atoms with van der Waals surface area (Å²) in [6.45, 7) is 3.39. The van der Waals surface area contributed by atoms with Gasteiger partial charge in [0.1, 0.15) is 17.4 Å². The van der Waals surface area contributed by atoms with E-state index in [4.69, 9.17) is 0 Å². The van der Waals surface area contributed by atoms with Crippen LogP contribution in [0.1, 0.15) is 32.7 Å². The van der Waals surface area contributed by atoms with E-state index in [-0.39, 0.29) is 22.6 Å². The van der Waals surface area contributed by atoms with Crippen molar-refractivity contribution in [3.05, 3.63) is 99.0 Å². The lowest BCUT2D eigenvalue weighted by atomic mass is 10.0. The maximum absolute atomic E-state index is 12.8. The van der Waals surface area contributed by atoms with Crippen molar-refractivity contribution >= 4 is 22.9 Å². The standard InChI is InChI=1S/C25H19N5O3/c1-15-7-10-18(11-8-15)30-25(33)20(13-26)16(2)23(29-30)24(32)28-27-14-21-19-6-4-3-5-17(19)9-12-22(21)31/h3-12,14,31H,1-2H3,(H,28,32)/b27-14+. The van der Waals surface area contributed by atoms with Gasteiger partial charge in [0.05, 0.1) is 11.9 Å². The molecule has 4 aromatic rings. The zero-order valence-electron chi connectivity index (χ0n) is 17.9. The molecule has 0 spiro atoms. The van der Waals surface area contributed by atoms with Crippen LogP contribution in [0.4, 0.5) is 0 Å². The molecule has 0 aliphatic carbocycles. The fraction of sp³-hybridized carbons (Fsp3) is 0.0800. The number of aryl methyl sites for hydroxylation is 1. The predicted molar refractivity (Wildman–Crippen MR) is 125 cm³/mol. The molecule has 1 aromatic heterocycles. The third kappa shape index (κ3) is 4.07. The van der Waals surface area contributed by atoms with Crippen molar-refractivity contribution in [2.75, 3.05) is 0 Å². The molecule has 4 rings (SSSR count). The highest BCUT2D eigenvalue weighted by Gasteiger charge is 2.20. The second-order valence-electron chi connectivity index (χ2n) is 7.43. The summed E-state index contributed by atoms with van der Waals surface area (Å²) in [4.78, 5) is 25.6.